The van der Waals surface area contributed by atoms with Gasteiger partial charge >= 0.3 is 0 Å². The Morgan fingerprint density at radius 1 is 0.923 bits per heavy atom. The minimum absolute atomic E-state index is 0.0792. The number of hydrogen-bond donors (Lipinski definition) is 1. The molecule has 0 aromatic heterocycles. The number of unbranched alkanes of at least 4 members (excludes halogenated alkanes) is 1. The molecule has 0 aliphatic heterocycles. The van der Waals surface area contributed by atoms with Gasteiger partial charge in [0, 0.05) is 17.6 Å². The van der Waals surface area contributed by atoms with Crippen molar-refractivity contribution in [2.24, 2.45) is 0 Å². The van der Waals surface area contributed by atoms with Gasteiger partial charge in [0.05, 0.1) is 10.6 Å². The molecule has 0 bridgehead atoms. The van der Waals surface area contributed by atoms with Gasteiger partial charge in [0.25, 0.3) is 10.0 Å². The molecule has 3 aromatic carbocycles. The third-order valence-corrected chi connectivity index (χ3v) is 8.86. The van der Waals surface area contributed by atoms with Crippen molar-refractivity contribution in [1.29, 1.82) is 0 Å². The van der Waals surface area contributed by atoms with Crippen molar-refractivity contribution in [3.63, 3.8) is 0 Å². The topological polar surface area (TPSA) is 86.8 Å². The lowest BCUT2D eigenvalue weighted by molar-refractivity contribution is -0.140. The fourth-order valence-corrected chi connectivity index (χ4v) is 5.95. The van der Waals surface area contributed by atoms with E-state index in [-0.39, 0.29) is 17.3 Å². The number of nitrogens with one attached hydrogen (secondary N) is 1. The van der Waals surface area contributed by atoms with E-state index in [4.69, 9.17) is 0 Å². The van der Waals surface area contributed by atoms with Crippen molar-refractivity contribution >= 4 is 43.5 Å². The first kappa shape index (κ1) is 30.4. The van der Waals surface area contributed by atoms with E-state index in [1.165, 1.54) is 17.0 Å². The average Bonchev–Trinajstić information content (AvgIpc) is 2.93. The minimum atomic E-state index is -4.08. The molecule has 2 amide bonds. The Kier molecular flexibility index (Phi) is 11.1. The number of rotatable bonds is 13. The molecule has 0 heterocycles. The summed E-state index contributed by atoms with van der Waals surface area (Å²) in [5, 5.41) is 2.95. The van der Waals surface area contributed by atoms with Crippen molar-refractivity contribution in [3.05, 3.63) is 94.5 Å². The number of halogens is 1. The fraction of sp³-hybridized carbons (Fsp3) is 0.333. The predicted octanol–water partition coefficient (Wildman–Crippen LogP) is 5.68. The largest absolute Gasteiger partial charge is 0.354 e. The Bertz CT molecular complexity index is 1350. The third kappa shape index (κ3) is 7.92. The van der Waals surface area contributed by atoms with Crippen LogP contribution in [0, 0.1) is 6.92 Å². The quantitative estimate of drug-likeness (QED) is 0.251. The SMILES string of the molecule is CCCCNC(=O)[C@H](CC)N(Cc1ccccc1C)C(=O)CN(c1ccc(Br)cc1)S(=O)(=O)c1ccccc1. The lowest BCUT2D eigenvalue weighted by atomic mass is 10.1. The van der Waals surface area contributed by atoms with Crippen LogP contribution in [0.5, 0.6) is 0 Å². The van der Waals surface area contributed by atoms with E-state index in [0.29, 0.717) is 18.7 Å². The highest BCUT2D eigenvalue weighted by Gasteiger charge is 2.33. The van der Waals surface area contributed by atoms with Gasteiger partial charge in [0.15, 0.2) is 0 Å². The van der Waals surface area contributed by atoms with Crippen molar-refractivity contribution in [1.82, 2.24) is 10.2 Å². The Hall–Kier alpha value is -3.17. The number of anilines is 1. The van der Waals surface area contributed by atoms with Gasteiger partial charge in [-0.2, -0.15) is 0 Å². The fourth-order valence-electron chi connectivity index (χ4n) is 4.25. The number of benzene rings is 3. The van der Waals surface area contributed by atoms with Crippen LogP contribution in [0.15, 0.2) is 88.2 Å². The zero-order chi connectivity index (χ0) is 28.4. The molecule has 3 rings (SSSR count). The molecule has 0 fully saturated rings. The molecule has 39 heavy (non-hydrogen) atoms. The van der Waals surface area contributed by atoms with Crippen LogP contribution in [0.2, 0.25) is 0 Å². The smallest absolute Gasteiger partial charge is 0.264 e. The van der Waals surface area contributed by atoms with Crippen LogP contribution in [0.3, 0.4) is 0 Å². The van der Waals surface area contributed by atoms with Gasteiger partial charge in [0.1, 0.15) is 12.6 Å². The highest BCUT2D eigenvalue weighted by Crippen LogP contribution is 2.26. The lowest BCUT2D eigenvalue weighted by Gasteiger charge is -2.33. The molecule has 9 heteroatoms. The molecule has 0 radical (unpaired) electrons. The van der Waals surface area contributed by atoms with Gasteiger partial charge in [-0.25, -0.2) is 8.42 Å². The van der Waals surface area contributed by atoms with Crippen LogP contribution in [-0.4, -0.2) is 44.3 Å². The molecule has 0 spiro atoms. The molecule has 1 atom stereocenters. The van der Waals surface area contributed by atoms with E-state index >= 15 is 0 Å². The second-order valence-corrected chi connectivity index (χ2v) is 12.1. The summed E-state index contributed by atoms with van der Waals surface area (Å²) in [6.07, 6.45) is 2.16. The molecule has 0 unspecified atom stereocenters. The maximum atomic E-state index is 14.1. The lowest BCUT2D eigenvalue weighted by Crippen LogP contribution is -2.52. The second-order valence-electron chi connectivity index (χ2n) is 9.32. The Morgan fingerprint density at radius 3 is 2.18 bits per heavy atom. The first-order valence-corrected chi connectivity index (χ1v) is 15.4. The third-order valence-electron chi connectivity index (χ3n) is 6.54. The highest BCUT2D eigenvalue weighted by atomic mass is 79.9. The van der Waals surface area contributed by atoms with Gasteiger partial charge < -0.3 is 10.2 Å². The van der Waals surface area contributed by atoms with Crippen molar-refractivity contribution in [2.75, 3.05) is 17.4 Å². The average molecular weight is 615 g/mol. The summed E-state index contributed by atoms with van der Waals surface area (Å²) in [6.45, 7) is 6.10. The van der Waals surface area contributed by atoms with Crippen LogP contribution in [0.1, 0.15) is 44.2 Å². The molecule has 1 N–H and O–H groups in total. The van der Waals surface area contributed by atoms with Crippen molar-refractivity contribution < 1.29 is 18.0 Å². The number of sulfonamides is 1. The van der Waals surface area contributed by atoms with E-state index < -0.39 is 28.5 Å². The molecule has 0 saturated heterocycles. The van der Waals surface area contributed by atoms with E-state index in [1.807, 2.05) is 45.0 Å². The Labute approximate surface area is 240 Å². The van der Waals surface area contributed by atoms with Gasteiger partial charge in [-0.3, -0.25) is 13.9 Å². The Morgan fingerprint density at radius 2 is 1.56 bits per heavy atom. The summed E-state index contributed by atoms with van der Waals surface area (Å²) in [4.78, 5) is 28.9. The van der Waals surface area contributed by atoms with E-state index in [2.05, 4.69) is 21.2 Å². The minimum Gasteiger partial charge on any atom is -0.354 e. The number of aryl methyl sites for hydroxylation is 1. The van der Waals surface area contributed by atoms with E-state index in [9.17, 15) is 18.0 Å². The maximum Gasteiger partial charge on any atom is 0.264 e. The highest BCUT2D eigenvalue weighted by molar-refractivity contribution is 9.10. The van der Waals surface area contributed by atoms with Crippen LogP contribution < -0.4 is 9.62 Å². The first-order valence-electron chi connectivity index (χ1n) is 13.1. The number of nitrogens with zero attached hydrogens (tertiary/aromatic N) is 2. The van der Waals surface area contributed by atoms with E-state index in [0.717, 1.165) is 32.7 Å². The molecule has 7 nitrogen and oxygen atoms in total. The van der Waals surface area contributed by atoms with Crippen molar-refractivity contribution in [2.45, 2.75) is 57.5 Å². The monoisotopic (exact) mass is 613 g/mol. The molecular formula is C30H36BrN3O4S. The van der Waals surface area contributed by atoms with Crippen molar-refractivity contribution in [3.8, 4) is 0 Å². The Balaban J connectivity index is 2.02. The van der Waals surface area contributed by atoms with Gasteiger partial charge in [-0.05, 0) is 67.3 Å². The predicted molar refractivity (Wildman–Crippen MR) is 159 cm³/mol. The number of hydrogen-bond acceptors (Lipinski definition) is 4. The van der Waals surface area contributed by atoms with Crippen LogP contribution >= 0.6 is 15.9 Å². The van der Waals surface area contributed by atoms with Gasteiger partial charge in [-0.1, -0.05) is 78.7 Å². The van der Waals surface area contributed by atoms with Crippen LogP contribution in [-0.2, 0) is 26.2 Å². The van der Waals surface area contributed by atoms with Gasteiger partial charge in [0.2, 0.25) is 11.8 Å². The van der Waals surface area contributed by atoms with Gasteiger partial charge in [-0.15, -0.1) is 0 Å². The molecule has 3 aromatic rings. The molecule has 208 valence electrons. The standard InChI is InChI=1S/C30H36BrN3O4S/c1-4-6-20-32-30(36)28(5-2)33(21-24-13-11-10-12-23(24)3)29(35)22-34(26-18-16-25(31)17-19-26)39(37,38)27-14-8-7-9-15-27/h7-19,28H,4-6,20-22H2,1-3H3,(H,32,36)/t28-/m0/s1. The summed E-state index contributed by atoms with van der Waals surface area (Å²) < 4.78 is 29.5. The molecule has 0 aliphatic rings. The summed E-state index contributed by atoms with van der Waals surface area (Å²) in [5.74, 6) is -0.702. The normalized spacial score (nSPS) is 12.0. The van der Waals surface area contributed by atoms with Crippen LogP contribution in [0.25, 0.3) is 0 Å². The zero-order valence-electron chi connectivity index (χ0n) is 22.6. The van der Waals surface area contributed by atoms with E-state index in [1.54, 1.807) is 42.5 Å². The number of carbonyl (C=O) groups excluding carboxylic acids is 2. The first-order chi connectivity index (χ1) is 18.7. The number of carbonyl (C=O) groups is 2. The van der Waals surface area contributed by atoms with Crippen LogP contribution in [0.4, 0.5) is 5.69 Å². The summed E-state index contributed by atoms with van der Waals surface area (Å²) in [6, 6.07) is 21.7. The maximum absolute atomic E-state index is 14.1. The molecular weight excluding hydrogens is 578 g/mol. The number of amides is 2. The summed E-state index contributed by atoms with van der Waals surface area (Å²) in [7, 11) is -4.08. The second kappa shape index (κ2) is 14.3. The zero-order valence-corrected chi connectivity index (χ0v) is 25.0. The molecule has 0 aliphatic carbocycles. The summed E-state index contributed by atoms with van der Waals surface area (Å²) >= 11 is 3.39. The summed E-state index contributed by atoms with van der Waals surface area (Å²) in [5.41, 5.74) is 2.23. The molecule has 0 saturated carbocycles.